The van der Waals surface area contributed by atoms with Gasteiger partial charge in [-0.1, -0.05) is 25.7 Å². The lowest BCUT2D eigenvalue weighted by atomic mass is 9.69. The number of fused-ring (bicyclic) bond motifs is 1. The summed E-state index contributed by atoms with van der Waals surface area (Å²) >= 11 is 0. The molecule has 2 saturated carbocycles. The summed E-state index contributed by atoms with van der Waals surface area (Å²) in [6, 6.07) is 1.14. The molecular formula is C17H30N2O. The molecule has 3 rings (SSSR count). The Balaban J connectivity index is 1.44. The first-order valence-corrected chi connectivity index (χ1v) is 8.76. The molecule has 0 aromatic heterocycles. The van der Waals surface area contributed by atoms with Crippen molar-refractivity contribution in [1.29, 1.82) is 0 Å². The first-order chi connectivity index (χ1) is 9.72. The van der Waals surface area contributed by atoms with Gasteiger partial charge < -0.3 is 10.2 Å². The largest absolute Gasteiger partial charge is 0.341 e. The maximum absolute atomic E-state index is 11.7. The molecule has 114 valence electrons. The topological polar surface area (TPSA) is 32.3 Å². The van der Waals surface area contributed by atoms with E-state index >= 15 is 0 Å². The smallest absolute Gasteiger partial charge is 0.222 e. The lowest BCUT2D eigenvalue weighted by Crippen LogP contribution is -2.47. The zero-order valence-electron chi connectivity index (χ0n) is 12.9. The van der Waals surface area contributed by atoms with Gasteiger partial charge in [-0.3, -0.25) is 4.79 Å². The second kappa shape index (κ2) is 6.46. The van der Waals surface area contributed by atoms with Gasteiger partial charge in [-0.25, -0.2) is 0 Å². The summed E-state index contributed by atoms with van der Waals surface area (Å²) in [4.78, 5) is 13.7. The van der Waals surface area contributed by atoms with Crippen LogP contribution in [-0.4, -0.2) is 36.0 Å². The molecule has 1 heterocycles. The van der Waals surface area contributed by atoms with Gasteiger partial charge in [0.2, 0.25) is 5.91 Å². The van der Waals surface area contributed by atoms with Crippen LogP contribution in [0.25, 0.3) is 0 Å². The van der Waals surface area contributed by atoms with E-state index in [4.69, 9.17) is 0 Å². The standard InChI is InChI=1S/C17H30N2O/c1-13(12-19-10-4-7-17(19)20)18-16-9-8-14-5-2-3-6-15(14)11-16/h13-16,18H,2-12H2,1H3. The van der Waals surface area contributed by atoms with Crippen molar-refractivity contribution in [1.82, 2.24) is 10.2 Å². The van der Waals surface area contributed by atoms with Crippen molar-refractivity contribution in [3.8, 4) is 0 Å². The molecule has 1 aliphatic heterocycles. The molecule has 0 aromatic rings. The maximum atomic E-state index is 11.7. The summed E-state index contributed by atoms with van der Waals surface area (Å²) < 4.78 is 0. The van der Waals surface area contributed by atoms with E-state index in [0.29, 0.717) is 18.0 Å². The summed E-state index contributed by atoms with van der Waals surface area (Å²) in [7, 11) is 0. The Labute approximate surface area is 123 Å². The normalized spacial score (nSPS) is 36.0. The SMILES string of the molecule is CC(CN1CCCC1=O)NC1CCC2CCCCC2C1. The summed E-state index contributed by atoms with van der Waals surface area (Å²) in [6.45, 7) is 4.13. The molecule has 0 radical (unpaired) electrons. The lowest BCUT2D eigenvalue weighted by molar-refractivity contribution is -0.128. The molecule has 1 saturated heterocycles. The number of hydrogen-bond donors (Lipinski definition) is 1. The summed E-state index contributed by atoms with van der Waals surface area (Å²) in [5.41, 5.74) is 0. The monoisotopic (exact) mass is 278 g/mol. The number of likely N-dealkylation sites (tertiary alicyclic amines) is 1. The third kappa shape index (κ3) is 3.36. The Kier molecular flexibility index (Phi) is 4.65. The van der Waals surface area contributed by atoms with Crippen molar-refractivity contribution >= 4 is 5.91 Å². The highest BCUT2D eigenvalue weighted by molar-refractivity contribution is 5.78. The lowest BCUT2D eigenvalue weighted by Gasteiger charge is -2.40. The van der Waals surface area contributed by atoms with E-state index < -0.39 is 0 Å². The van der Waals surface area contributed by atoms with E-state index in [1.54, 1.807) is 0 Å². The van der Waals surface area contributed by atoms with Gasteiger partial charge in [0.1, 0.15) is 0 Å². The molecule has 1 N–H and O–H groups in total. The zero-order chi connectivity index (χ0) is 13.9. The van der Waals surface area contributed by atoms with E-state index in [2.05, 4.69) is 12.2 Å². The van der Waals surface area contributed by atoms with Gasteiger partial charge >= 0.3 is 0 Å². The molecular weight excluding hydrogens is 248 g/mol. The number of amides is 1. The molecule has 3 fully saturated rings. The van der Waals surface area contributed by atoms with Gasteiger partial charge in [0, 0.05) is 31.6 Å². The number of carbonyl (C=O) groups excluding carboxylic acids is 1. The summed E-state index contributed by atoms with van der Waals surface area (Å²) in [6.07, 6.45) is 11.8. The van der Waals surface area contributed by atoms with Gasteiger partial charge in [0.05, 0.1) is 0 Å². The number of nitrogens with zero attached hydrogens (tertiary/aromatic N) is 1. The molecule has 4 unspecified atom stereocenters. The predicted molar refractivity (Wildman–Crippen MR) is 81.5 cm³/mol. The molecule has 20 heavy (non-hydrogen) atoms. The highest BCUT2D eigenvalue weighted by Gasteiger charge is 2.32. The molecule has 1 amide bonds. The second-order valence-electron chi connectivity index (χ2n) is 7.33. The van der Waals surface area contributed by atoms with Crippen LogP contribution in [0, 0.1) is 11.8 Å². The molecule has 3 aliphatic rings. The average Bonchev–Trinajstić information content (AvgIpc) is 2.84. The molecule has 0 aromatic carbocycles. The fourth-order valence-electron chi connectivity index (χ4n) is 4.71. The Morgan fingerprint density at radius 1 is 1.15 bits per heavy atom. The molecule has 0 bridgehead atoms. The molecule has 0 spiro atoms. The quantitative estimate of drug-likeness (QED) is 0.857. The van der Waals surface area contributed by atoms with Crippen LogP contribution >= 0.6 is 0 Å². The minimum Gasteiger partial charge on any atom is -0.341 e. The highest BCUT2D eigenvalue weighted by atomic mass is 16.2. The van der Waals surface area contributed by atoms with Crippen LogP contribution < -0.4 is 5.32 Å². The van der Waals surface area contributed by atoms with Crippen LogP contribution in [0.4, 0.5) is 0 Å². The van der Waals surface area contributed by atoms with E-state index in [1.165, 1.54) is 44.9 Å². The average molecular weight is 278 g/mol. The molecule has 3 heteroatoms. The van der Waals surface area contributed by atoms with Gasteiger partial charge in [-0.05, 0) is 44.4 Å². The molecule has 2 aliphatic carbocycles. The van der Waals surface area contributed by atoms with Gasteiger partial charge in [0.25, 0.3) is 0 Å². The first kappa shape index (κ1) is 14.4. The van der Waals surface area contributed by atoms with Crippen LogP contribution in [0.5, 0.6) is 0 Å². The predicted octanol–water partition coefficient (Wildman–Crippen LogP) is 2.95. The second-order valence-corrected chi connectivity index (χ2v) is 7.33. The van der Waals surface area contributed by atoms with Gasteiger partial charge in [-0.2, -0.15) is 0 Å². The minimum absolute atomic E-state index is 0.356. The van der Waals surface area contributed by atoms with Crippen LogP contribution in [0.3, 0.4) is 0 Å². The fourth-order valence-corrected chi connectivity index (χ4v) is 4.71. The van der Waals surface area contributed by atoms with Crippen molar-refractivity contribution in [3.63, 3.8) is 0 Å². The molecule has 3 nitrogen and oxygen atoms in total. The van der Waals surface area contributed by atoms with Gasteiger partial charge in [0.15, 0.2) is 0 Å². The van der Waals surface area contributed by atoms with Crippen molar-refractivity contribution in [2.24, 2.45) is 11.8 Å². The highest BCUT2D eigenvalue weighted by Crippen LogP contribution is 2.40. The summed E-state index contributed by atoms with van der Waals surface area (Å²) in [5, 5.41) is 3.81. The Morgan fingerprint density at radius 3 is 2.70 bits per heavy atom. The van der Waals surface area contributed by atoms with E-state index in [-0.39, 0.29) is 0 Å². The minimum atomic E-state index is 0.356. The number of hydrogen-bond acceptors (Lipinski definition) is 2. The van der Waals surface area contributed by atoms with Crippen molar-refractivity contribution in [2.75, 3.05) is 13.1 Å². The number of rotatable bonds is 4. The number of carbonyl (C=O) groups is 1. The van der Waals surface area contributed by atoms with E-state index in [1.807, 2.05) is 4.90 Å². The van der Waals surface area contributed by atoms with Crippen LogP contribution in [0.15, 0.2) is 0 Å². The van der Waals surface area contributed by atoms with Gasteiger partial charge in [-0.15, -0.1) is 0 Å². The molecule has 4 atom stereocenters. The van der Waals surface area contributed by atoms with Crippen molar-refractivity contribution in [2.45, 2.75) is 76.8 Å². The zero-order valence-corrected chi connectivity index (χ0v) is 12.9. The first-order valence-electron chi connectivity index (χ1n) is 8.76. The van der Waals surface area contributed by atoms with Crippen molar-refractivity contribution < 1.29 is 4.79 Å². The van der Waals surface area contributed by atoms with Crippen LogP contribution in [-0.2, 0) is 4.79 Å². The number of nitrogens with one attached hydrogen (secondary N) is 1. The van der Waals surface area contributed by atoms with Crippen LogP contribution in [0.1, 0.15) is 64.7 Å². The van der Waals surface area contributed by atoms with Crippen LogP contribution in [0.2, 0.25) is 0 Å². The maximum Gasteiger partial charge on any atom is 0.222 e. The Morgan fingerprint density at radius 2 is 1.95 bits per heavy atom. The summed E-state index contributed by atoms with van der Waals surface area (Å²) in [5.74, 6) is 2.36. The fraction of sp³-hybridized carbons (Fsp3) is 0.941. The third-order valence-corrected chi connectivity index (χ3v) is 5.73. The third-order valence-electron chi connectivity index (χ3n) is 5.73. The van der Waals surface area contributed by atoms with E-state index in [9.17, 15) is 4.79 Å². The van der Waals surface area contributed by atoms with E-state index in [0.717, 1.165) is 37.8 Å². The Hall–Kier alpha value is -0.570. The Bertz CT molecular complexity index is 344. The van der Waals surface area contributed by atoms with Crippen molar-refractivity contribution in [3.05, 3.63) is 0 Å².